The van der Waals surface area contributed by atoms with E-state index in [2.05, 4.69) is 5.32 Å². The van der Waals surface area contributed by atoms with Crippen molar-refractivity contribution in [1.29, 1.82) is 0 Å². The van der Waals surface area contributed by atoms with Gasteiger partial charge >= 0.3 is 11.9 Å². The van der Waals surface area contributed by atoms with E-state index in [1.54, 1.807) is 38.2 Å². The molecule has 1 unspecified atom stereocenters. The van der Waals surface area contributed by atoms with Gasteiger partial charge in [-0.2, -0.15) is 0 Å². The number of amides is 1. The van der Waals surface area contributed by atoms with Crippen LogP contribution in [-0.4, -0.2) is 64.3 Å². The molecule has 1 aliphatic carbocycles. The van der Waals surface area contributed by atoms with Crippen molar-refractivity contribution in [1.82, 2.24) is 5.32 Å². The first kappa shape index (κ1) is 29.2. The van der Waals surface area contributed by atoms with Crippen LogP contribution in [0.4, 0.5) is 0 Å². The summed E-state index contributed by atoms with van der Waals surface area (Å²) in [5.74, 6) is -3.31. The Kier molecular flexibility index (Phi) is 9.95. The van der Waals surface area contributed by atoms with Gasteiger partial charge in [0, 0.05) is 13.3 Å². The highest BCUT2D eigenvalue weighted by molar-refractivity contribution is 6.08. The third kappa shape index (κ3) is 7.24. The van der Waals surface area contributed by atoms with Crippen LogP contribution in [0.5, 0.6) is 0 Å². The van der Waals surface area contributed by atoms with Gasteiger partial charge in [-0.1, -0.05) is 48.5 Å². The van der Waals surface area contributed by atoms with Crippen molar-refractivity contribution >= 4 is 23.6 Å². The van der Waals surface area contributed by atoms with Crippen molar-refractivity contribution < 1.29 is 38.9 Å². The number of hydrogen-bond donors (Lipinski definition) is 3. The Morgan fingerprint density at radius 2 is 1.83 bits per heavy atom. The number of carbonyl (C=O) groups is 4. The largest absolute Gasteiger partial charge is 0.461 e. The molecule has 0 radical (unpaired) electrons. The van der Waals surface area contributed by atoms with Crippen LogP contribution in [0.1, 0.15) is 54.4 Å². The van der Waals surface area contributed by atoms with Gasteiger partial charge in [-0.25, -0.2) is 0 Å². The first-order chi connectivity index (χ1) is 16.7. The minimum atomic E-state index is -1.77. The van der Waals surface area contributed by atoms with E-state index in [9.17, 15) is 29.4 Å². The highest BCUT2D eigenvalue weighted by Crippen LogP contribution is 2.38. The van der Waals surface area contributed by atoms with E-state index in [-0.39, 0.29) is 6.42 Å². The topological polar surface area (TPSA) is 139 Å². The van der Waals surface area contributed by atoms with Gasteiger partial charge in [0.05, 0.1) is 18.1 Å². The molecule has 7 atom stereocenters. The van der Waals surface area contributed by atoms with Crippen molar-refractivity contribution in [2.45, 2.75) is 84.8 Å². The molecule has 1 amide bonds. The summed E-state index contributed by atoms with van der Waals surface area (Å²) in [5, 5.41) is 22.7. The molecule has 0 aromatic rings. The Balaban J connectivity index is 2.60. The quantitative estimate of drug-likeness (QED) is 0.393. The molecule has 9 heteroatoms. The maximum atomic E-state index is 13.7. The molecule has 2 aliphatic heterocycles. The van der Waals surface area contributed by atoms with E-state index in [4.69, 9.17) is 9.47 Å². The molecule has 9 nitrogen and oxygen atoms in total. The summed E-state index contributed by atoms with van der Waals surface area (Å²) >= 11 is 0. The highest BCUT2D eigenvalue weighted by atomic mass is 16.6. The number of esters is 2. The number of allylic oxidation sites excluding steroid dienone is 4. The molecular formula is C27H37NO8. The maximum absolute atomic E-state index is 13.7. The van der Waals surface area contributed by atoms with Crippen LogP contribution in [-0.2, 0) is 28.7 Å². The number of Topliss-reactive ketones (excluding diaryl/α,β-unsaturated/α-hetero) is 1. The number of nitrogens with one attached hydrogen (secondary N) is 1. The molecule has 1 fully saturated rings. The Hall–Kier alpha value is -3.04. The monoisotopic (exact) mass is 503 g/mol. The lowest BCUT2D eigenvalue weighted by Gasteiger charge is -2.42. The lowest BCUT2D eigenvalue weighted by Crippen LogP contribution is -2.62. The Morgan fingerprint density at radius 3 is 2.44 bits per heavy atom. The van der Waals surface area contributed by atoms with Gasteiger partial charge in [0.2, 0.25) is 5.91 Å². The van der Waals surface area contributed by atoms with E-state index >= 15 is 0 Å². The van der Waals surface area contributed by atoms with E-state index in [1.165, 1.54) is 26.8 Å². The highest BCUT2D eigenvalue weighted by Gasteiger charge is 2.56. The van der Waals surface area contributed by atoms with Crippen molar-refractivity contribution in [3.63, 3.8) is 0 Å². The average molecular weight is 504 g/mol. The smallest absolute Gasteiger partial charge is 0.322 e. The Bertz CT molecular complexity index is 992. The van der Waals surface area contributed by atoms with E-state index in [0.717, 1.165) is 5.57 Å². The summed E-state index contributed by atoms with van der Waals surface area (Å²) < 4.78 is 11.1. The van der Waals surface area contributed by atoms with Crippen LogP contribution in [0.25, 0.3) is 0 Å². The van der Waals surface area contributed by atoms with Gasteiger partial charge in [0.1, 0.15) is 23.7 Å². The molecule has 2 heterocycles. The molecule has 0 spiro atoms. The summed E-state index contributed by atoms with van der Waals surface area (Å²) in [6.45, 7) is 9.13. The predicted molar refractivity (Wildman–Crippen MR) is 132 cm³/mol. The van der Waals surface area contributed by atoms with E-state index in [0.29, 0.717) is 12.0 Å². The number of aliphatic hydroxyl groups is 2. The average Bonchev–Trinajstić information content (AvgIpc) is 2.80. The Morgan fingerprint density at radius 1 is 1.19 bits per heavy atom. The SMILES string of the molecule is CC(=O)O[C@@H]1/C=C/C(C)=C/C[C@H](O)/C=C/C(C)=C/[C@@H](NC(=O)C(C)O)[C@]2(C)C(=O)O[C@H](C1)[C@@H](C)C2=O. The lowest BCUT2D eigenvalue weighted by molar-refractivity contribution is -0.182. The number of fused-ring (bicyclic) bond motifs is 10. The molecule has 3 aliphatic rings. The number of ketones is 1. The summed E-state index contributed by atoms with van der Waals surface area (Å²) in [5.41, 5.74) is -0.358. The zero-order chi connectivity index (χ0) is 27.2. The Labute approximate surface area is 211 Å². The standard InChI is InChI=1S/C27H37NO8/c1-15-7-10-20(31)11-8-16(2)13-23(28-25(33)18(4)29)27(6)24(32)17(3)22(36-26(27)34)14-21(12-9-15)35-19(5)30/h7-9,11-13,17-18,20-23,29,31H,10,14H2,1-6H3,(H,28,33)/b11-8+,12-9+,15-7+,16-13+/t17-,18?,20+,21-,22-,23-,27+/m1/s1. The first-order valence-corrected chi connectivity index (χ1v) is 12.1. The lowest BCUT2D eigenvalue weighted by atomic mass is 9.69. The maximum Gasteiger partial charge on any atom is 0.322 e. The van der Waals surface area contributed by atoms with Crippen molar-refractivity contribution in [2.24, 2.45) is 11.3 Å². The van der Waals surface area contributed by atoms with E-state index in [1.807, 2.05) is 13.0 Å². The van der Waals surface area contributed by atoms with Crippen LogP contribution < -0.4 is 5.32 Å². The second kappa shape index (κ2) is 12.3. The fourth-order valence-electron chi connectivity index (χ4n) is 4.17. The molecule has 3 rings (SSSR count). The summed E-state index contributed by atoms with van der Waals surface area (Å²) in [6, 6.07) is -1.12. The third-order valence-corrected chi connectivity index (χ3v) is 6.51. The summed E-state index contributed by atoms with van der Waals surface area (Å²) in [4.78, 5) is 51.0. The minimum absolute atomic E-state index is 0.0713. The number of hydrogen-bond acceptors (Lipinski definition) is 8. The molecule has 0 saturated carbocycles. The van der Waals surface area contributed by atoms with Gasteiger partial charge in [0.25, 0.3) is 0 Å². The van der Waals surface area contributed by atoms with Gasteiger partial charge < -0.3 is 25.0 Å². The van der Waals surface area contributed by atoms with Gasteiger partial charge in [-0.15, -0.1) is 0 Å². The van der Waals surface area contributed by atoms with Gasteiger partial charge in [-0.3, -0.25) is 19.2 Å². The van der Waals surface area contributed by atoms with Gasteiger partial charge in [0.15, 0.2) is 5.78 Å². The second-order valence-electron chi connectivity index (χ2n) is 9.72. The third-order valence-electron chi connectivity index (χ3n) is 6.51. The zero-order valence-electron chi connectivity index (χ0n) is 21.7. The first-order valence-electron chi connectivity index (χ1n) is 12.1. The molecule has 3 N–H and O–H groups in total. The van der Waals surface area contributed by atoms with Crippen LogP contribution in [0.3, 0.4) is 0 Å². The van der Waals surface area contributed by atoms with Crippen LogP contribution in [0.2, 0.25) is 0 Å². The second-order valence-corrected chi connectivity index (χ2v) is 9.72. The molecule has 2 bridgehead atoms. The number of rotatable bonds is 3. The van der Waals surface area contributed by atoms with Crippen molar-refractivity contribution in [3.8, 4) is 0 Å². The van der Waals surface area contributed by atoms with Crippen LogP contribution in [0, 0.1) is 11.3 Å². The van der Waals surface area contributed by atoms with Crippen molar-refractivity contribution in [2.75, 3.05) is 0 Å². The number of ether oxygens (including phenoxy) is 2. The molecule has 198 valence electrons. The predicted octanol–water partition coefficient (Wildman–Crippen LogP) is 2.08. The summed E-state index contributed by atoms with van der Waals surface area (Å²) in [6.07, 6.45) is 6.59. The number of aliphatic hydroxyl groups excluding tert-OH is 2. The molecule has 0 aromatic heterocycles. The zero-order valence-corrected chi connectivity index (χ0v) is 21.7. The van der Waals surface area contributed by atoms with Crippen molar-refractivity contribution in [3.05, 3.63) is 47.6 Å². The molecule has 36 heavy (non-hydrogen) atoms. The van der Waals surface area contributed by atoms with Gasteiger partial charge in [-0.05, 0) is 40.2 Å². The normalized spacial score (nSPS) is 37.3. The fourth-order valence-corrected chi connectivity index (χ4v) is 4.17. The number of carbonyl (C=O) groups excluding carboxylic acids is 4. The molecule has 1 saturated heterocycles. The van der Waals surface area contributed by atoms with E-state index < -0.39 is 65.4 Å². The minimum Gasteiger partial charge on any atom is -0.461 e. The summed E-state index contributed by atoms with van der Waals surface area (Å²) in [7, 11) is 0. The fraction of sp³-hybridized carbons (Fsp3) is 0.556. The molecular weight excluding hydrogens is 466 g/mol. The molecule has 0 aromatic carbocycles. The van der Waals surface area contributed by atoms with Crippen LogP contribution in [0.15, 0.2) is 47.6 Å². The van der Waals surface area contributed by atoms with Crippen LogP contribution >= 0.6 is 0 Å².